The van der Waals surface area contributed by atoms with E-state index in [1.165, 1.54) is 0 Å². The molecule has 2 aromatic rings. The Morgan fingerprint density at radius 1 is 1.04 bits per heavy atom. The van der Waals surface area contributed by atoms with Gasteiger partial charge in [0, 0.05) is 0 Å². The molecule has 2 rings (SSSR count). The first-order chi connectivity index (χ1) is 11.6. The third-order valence-electron chi connectivity index (χ3n) is 3.34. The molecule has 0 atom stereocenters. The number of carbonyl (C=O) groups excluding carboxylic acids is 1. The highest BCUT2D eigenvalue weighted by Crippen LogP contribution is 2.29. The molecule has 0 amide bonds. The van der Waals surface area contributed by atoms with Crippen LogP contribution in [0.5, 0.6) is 11.5 Å². The number of esters is 1. The van der Waals surface area contributed by atoms with Crippen LogP contribution in [0.1, 0.15) is 29.8 Å². The van der Waals surface area contributed by atoms with Crippen LogP contribution in [0.4, 0.5) is 0 Å². The average Bonchev–Trinajstić information content (AvgIpc) is 2.60. The molecule has 0 saturated carbocycles. The number of hydrogen-bond acceptors (Lipinski definition) is 4. The van der Waals surface area contributed by atoms with Gasteiger partial charge in [-0.25, -0.2) is 4.79 Å². The van der Waals surface area contributed by atoms with Gasteiger partial charge < -0.3 is 14.2 Å². The SMILES string of the molecule is COc1cc(C(=O)OCC=C(C)C)ccc1OCc1ccccc1. The number of benzene rings is 2. The van der Waals surface area contributed by atoms with Crippen molar-refractivity contribution in [1.29, 1.82) is 0 Å². The average molecular weight is 326 g/mol. The van der Waals surface area contributed by atoms with Gasteiger partial charge in [0.25, 0.3) is 0 Å². The van der Waals surface area contributed by atoms with Crippen LogP contribution in [0.15, 0.2) is 60.2 Å². The molecule has 0 aliphatic rings. The van der Waals surface area contributed by atoms with E-state index < -0.39 is 0 Å². The van der Waals surface area contributed by atoms with Crippen LogP contribution in [0.25, 0.3) is 0 Å². The standard InChI is InChI=1S/C20H22O4/c1-15(2)11-12-23-20(21)17-9-10-18(19(13-17)22-3)24-14-16-7-5-4-6-8-16/h4-11,13H,12,14H2,1-3H3. The van der Waals surface area contributed by atoms with Gasteiger partial charge in [0.15, 0.2) is 11.5 Å². The zero-order chi connectivity index (χ0) is 17.4. The van der Waals surface area contributed by atoms with Crippen LogP contribution < -0.4 is 9.47 Å². The molecule has 0 aromatic heterocycles. The van der Waals surface area contributed by atoms with Crippen molar-refractivity contribution >= 4 is 5.97 Å². The largest absolute Gasteiger partial charge is 0.493 e. The molecule has 24 heavy (non-hydrogen) atoms. The van der Waals surface area contributed by atoms with Crippen molar-refractivity contribution in [1.82, 2.24) is 0 Å². The zero-order valence-corrected chi connectivity index (χ0v) is 14.2. The lowest BCUT2D eigenvalue weighted by atomic mass is 10.2. The van der Waals surface area contributed by atoms with Crippen molar-refractivity contribution in [2.24, 2.45) is 0 Å². The highest BCUT2D eigenvalue weighted by atomic mass is 16.5. The second kappa shape index (κ2) is 8.77. The van der Waals surface area contributed by atoms with E-state index in [9.17, 15) is 4.79 Å². The Labute approximate surface area is 142 Å². The summed E-state index contributed by atoms with van der Waals surface area (Å²) < 4.78 is 16.3. The molecular formula is C20H22O4. The normalized spacial score (nSPS) is 9.96. The molecular weight excluding hydrogens is 304 g/mol. The molecule has 0 spiro atoms. The highest BCUT2D eigenvalue weighted by molar-refractivity contribution is 5.90. The van der Waals surface area contributed by atoms with Crippen molar-refractivity contribution in [2.75, 3.05) is 13.7 Å². The summed E-state index contributed by atoms with van der Waals surface area (Å²) in [6.45, 7) is 4.60. The molecule has 2 aromatic carbocycles. The molecule has 4 heteroatoms. The number of allylic oxidation sites excluding steroid dienone is 1. The minimum Gasteiger partial charge on any atom is -0.493 e. The van der Waals surface area contributed by atoms with Gasteiger partial charge in [-0.3, -0.25) is 0 Å². The summed E-state index contributed by atoms with van der Waals surface area (Å²) in [5, 5.41) is 0. The van der Waals surface area contributed by atoms with Gasteiger partial charge in [-0.05, 0) is 43.7 Å². The smallest absolute Gasteiger partial charge is 0.338 e. The van der Waals surface area contributed by atoms with Crippen molar-refractivity contribution < 1.29 is 19.0 Å². The number of methoxy groups -OCH3 is 1. The van der Waals surface area contributed by atoms with E-state index in [-0.39, 0.29) is 12.6 Å². The third kappa shape index (κ3) is 5.16. The summed E-state index contributed by atoms with van der Waals surface area (Å²) in [4.78, 5) is 12.0. The molecule has 0 aliphatic heterocycles. The molecule has 0 bridgehead atoms. The van der Waals surface area contributed by atoms with E-state index in [4.69, 9.17) is 14.2 Å². The Kier molecular flexibility index (Phi) is 6.43. The number of hydrogen-bond donors (Lipinski definition) is 0. The van der Waals surface area contributed by atoms with Gasteiger partial charge in [0.05, 0.1) is 12.7 Å². The van der Waals surface area contributed by atoms with Crippen LogP contribution in [0.3, 0.4) is 0 Å². The minimum atomic E-state index is -0.389. The van der Waals surface area contributed by atoms with Crippen molar-refractivity contribution in [3.63, 3.8) is 0 Å². The minimum absolute atomic E-state index is 0.260. The summed E-state index contributed by atoms with van der Waals surface area (Å²) >= 11 is 0. The van der Waals surface area contributed by atoms with Crippen LogP contribution in [0, 0.1) is 0 Å². The van der Waals surface area contributed by atoms with Crippen LogP contribution >= 0.6 is 0 Å². The third-order valence-corrected chi connectivity index (χ3v) is 3.34. The summed E-state index contributed by atoms with van der Waals surface area (Å²) in [5.74, 6) is 0.699. The van der Waals surface area contributed by atoms with E-state index in [0.29, 0.717) is 23.7 Å². The maximum atomic E-state index is 12.0. The Hall–Kier alpha value is -2.75. The second-order valence-electron chi connectivity index (χ2n) is 5.52. The molecule has 0 unspecified atom stereocenters. The fourth-order valence-corrected chi connectivity index (χ4v) is 2.02. The van der Waals surface area contributed by atoms with E-state index in [1.54, 1.807) is 25.3 Å². The molecule has 126 valence electrons. The van der Waals surface area contributed by atoms with Gasteiger partial charge in [-0.2, -0.15) is 0 Å². The molecule has 0 saturated heterocycles. The molecule has 0 aliphatic carbocycles. The number of rotatable bonds is 7. The van der Waals surface area contributed by atoms with Crippen LogP contribution in [0.2, 0.25) is 0 Å². The predicted molar refractivity (Wildman–Crippen MR) is 93.5 cm³/mol. The molecule has 0 N–H and O–H groups in total. The van der Waals surface area contributed by atoms with E-state index in [1.807, 2.05) is 50.3 Å². The van der Waals surface area contributed by atoms with Crippen LogP contribution in [-0.4, -0.2) is 19.7 Å². The van der Waals surface area contributed by atoms with Crippen molar-refractivity contribution in [3.8, 4) is 11.5 Å². The lowest BCUT2D eigenvalue weighted by Gasteiger charge is -2.12. The summed E-state index contributed by atoms with van der Waals surface area (Å²) in [6.07, 6.45) is 1.85. The summed E-state index contributed by atoms with van der Waals surface area (Å²) in [5.41, 5.74) is 2.59. The molecule has 0 fully saturated rings. The number of ether oxygens (including phenoxy) is 3. The first-order valence-electron chi connectivity index (χ1n) is 7.75. The van der Waals surface area contributed by atoms with Gasteiger partial charge >= 0.3 is 5.97 Å². The molecule has 0 heterocycles. The summed E-state index contributed by atoms with van der Waals surface area (Å²) in [7, 11) is 1.54. The molecule has 4 nitrogen and oxygen atoms in total. The van der Waals surface area contributed by atoms with Gasteiger partial charge in [-0.15, -0.1) is 0 Å². The Balaban J connectivity index is 2.04. The van der Waals surface area contributed by atoms with E-state index >= 15 is 0 Å². The van der Waals surface area contributed by atoms with E-state index in [0.717, 1.165) is 11.1 Å². The maximum Gasteiger partial charge on any atom is 0.338 e. The zero-order valence-electron chi connectivity index (χ0n) is 14.2. The number of carbonyl (C=O) groups is 1. The van der Waals surface area contributed by atoms with Gasteiger partial charge in [0.1, 0.15) is 13.2 Å². The lowest BCUT2D eigenvalue weighted by molar-refractivity contribution is 0.0548. The molecule has 0 radical (unpaired) electrons. The van der Waals surface area contributed by atoms with Crippen LogP contribution in [-0.2, 0) is 11.3 Å². The first-order valence-corrected chi connectivity index (χ1v) is 7.75. The predicted octanol–water partition coefficient (Wildman–Crippen LogP) is 4.40. The van der Waals surface area contributed by atoms with Gasteiger partial charge in [0.2, 0.25) is 0 Å². The summed E-state index contributed by atoms with van der Waals surface area (Å²) in [6, 6.07) is 14.9. The lowest BCUT2D eigenvalue weighted by Crippen LogP contribution is -2.06. The quantitative estimate of drug-likeness (QED) is 0.559. The van der Waals surface area contributed by atoms with E-state index in [2.05, 4.69) is 0 Å². The Bertz CT molecular complexity index is 701. The fraction of sp³-hybridized carbons (Fsp3) is 0.250. The van der Waals surface area contributed by atoms with Crippen molar-refractivity contribution in [3.05, 3.63) is 71.3 Å². The first kappa shape index (κ1) is 17.6. The monoisotopic (exact) mass is 326 g/mol. The Morgan fingerprint density at radius 2 is 1.79 bits per heavy atom. The van der Waals surface area contributed by atoms with Crippen molar-refractivity contribution in [2.45, 2.75) is 20.5 Å². The highest BCUT2D eigenvalue weighted by Gasteiger charge is 2.12. The Morgan fingerprint density at radius 3 is 2.46 bits per heavy atom. The topological polar surface area (TPSA) is 44.8 Å². The van der Waals surface area contributed by atoms with Gasteiger partial charge in [-0.1, -0.05) is 35.9 Å². The second-order valence-corrected chi connectivity index (χ2v) is 5.52. The fourth-order valence-electron chi connectivity index (χ4n) is 2.02. The maximum absolute atomic E-state index is 12.0.